The summed E-state index contributed by atoms with van der Waals surface area (Å²) in [6.45, 7) is 9.13. The van der Waals surface area contributed by atoms with Crippen LogP contribution < -0.4 is 26.2 Å². The standard InChI is InChI=1S/C35H42N8O2/c1-24-23-42(16-15-41(24)3)31-17-28(25(2)34(37)44)18-32(19-31)43(35(45)39-21-26-7-5-4-6-8-26)30-12-10-29(11-13-30)40-33-14-9-27(20-36)22-38-33/h4-9,14,17-19,22,24,29-30H,2,10-13,15-16,21,23H2,1,3H3,(H2,37,44)(H,38,40)(H,39,45)/t24-,29?,30?/m0/s1. The van der Waals surface area contributed by atoms with E-state index in [0.717, 1.165) is 62.4 Å². The molecule has 10 heteroatoms. The van der Waals surface area contributed by atoms with Gasteiger partial charge in [0.25, 0.3) is 0 Å². The summed E-state index contributed by atoms with van der Waals surface area (Å²) in [5, 5.41) is 15.7. The summed E-state index contributed by atoms with van der Waals surface area (Å²) in [4.78, 5) is 37.2. The van der Waals surface area contributed by atoms with Gasteiger partial charge in [0, 0.05) is 67.4 Å². The van der Waals surface area contributed by atoms with Crippen molar-refractivity contribution >= 4 is 34.7 Å². The normalized spacial score (nSPS) is 20.1. The number of likely N-dealkylation sites (N-methyl/N-ethyl adjacent to an activating group) is 1. The summed E-state index contributed by atoms with van der Waals surface area (Å²) in [6, 6.07) is 21.7. The third kappa shape index (κ3) is 7.80. The number of aromatic nitrogens is 1. The summed E-state index contributed by atoms with van der Waals surface area (Å²) in [5.41, 5.74) is 9.71. The fraction of sp³-hybridized carbons (Fsp3) is 0.371. The average molecular weight is 607 g/mol. The lowest BCUT2D eigenvalue weighted by Crippen LogP contribution is -2.50. The average Bonchev–Trinajstić information content (AvgIpc) is 3.06. The molecule has 10 nitrogen and oxygen atoms in total. The van der Waals surface area contributed by atoms with E-state index in [0.29, 0.717) is 29.4 Å². The number of primary amides is 1. The van der Waals surface area contributed by atoms with Crippen LogP contribution in [0.2, 0.25) is 0 Å². The number of nitrogens with two attached hydrogens (primary N) is 1. The number of nitrogens with one attached hydrogen (secondary N) is 2. The minimum atomic E-state index is -0.590. The Kier molecular flexibility index (Phi) is 10.0. The molecule has 0 unspecified atom stereocenters. The van der Waals surface area contributed by atoms with E-state index in [4.69, 9.17) is 11.0 Å². The lowest BCUT2D eigenvalue weighted by Gasteiger charge is -2.40. The van der Waals surface area contributed by atoms with Crippen LogP contribution in [0.5, 0.6) is 0 Å². The van der Waals surface area contributed by atoms with Crippen LogP contribution >= 0.6 is 0 Å². The summed E-state index contributed by atoms with van der Waals surface area (Å²) < 4.78 is 0. The van der Waals surface area contributed by atoms with E-state index in [1.54, 1.807) is 12.3 Å². The number of rotatable bonds is 9. The molecule has 1 aromatic heterocycles. The molecule has 0 radical (unpaired) electrons. The van der Waals surface area contributed by atoms with Gasteiger partial charge in [0.1, 0.15) is 11.9 Å². The van der Waals surface area contributed by atoms with E-state index in [2.05, 4.69) is 58.1 Å². The Balaban J connectivity index is 1.43. The maximum Gasteiger partial charge on any atom is 0.322 e. The molecule has 45 heavy (non-hydrogen) atoms. The van der Waals surface area contributed by atoms with Gasteiger partial charge in [0.2, 0.25) is 5.91 Å². The van der Waals surface area contributed by atoms with Crippen molar-refractivity contribution in [1.29, 1.82) is 5.26 Å². The topological polar surface area (TPSA) is 131 Å². The van der Waals surface area contributed by atoms with Gasteiger partial charge < -0.3 is 26.2 Å². The molecule has 4 N–H and O–H groups in total. The van der Waals surface area contributed by atoms with Crippen LogP contribution in [0.25, 0.3) is 5.57 Å². The highest BCUT2D eigenvalue weighted by atomic mass is 16.2. The molecule has 3 aromatic rings. The Hall–Kier alpha value is -4.88. The molecular weight excluding hydrogens is 564 g/mol. The summed E-state index contributed by atoms with van der Waals surface area (Å²) in [5.74, 6) is 0.145. The number of hydrogen-bond acceptors (Lipinski definition) is 7. The van der Waals surface area contributed by atoms with Crippen LogP contribution in [-0.4, -0.2) is 66.6 Å². The van der Waals surface area contributed by atoms with Crippen molar-refractivity contribution in [2.24, 2.45) is 5.73 Å². The molecule has 1 aliphatic carbocycles. The minimum Gasteiger partial charge on any atom is -0.369 e. The summed E-state index contributed by atoms with van der Waals surface area (Å²) in [6.07, 6.45) is 4.79. The molecule has 1 aliphatic heterocycles. The van der Waals surface area contributed by atoms with Gasteiger partial charge in [0.15, 0.2) is 0 Å². The Bertz CT molecular complexity index is 1540. The van der Waals surface area contributed by atoms with Crippen LogP contribution in [-0.2, 0) is 11.3 Å². The minimum absolute atomic E-state index is 0.0656. The number of nitrogens with zero attached hydrogens (tertiary/aromatic N) is 5. The third-order valence-corrected chi connectivity index (χ3v) is 8.96. The number of nitriles is 1. The Morgan fingerprint density at radius 2 is 1.84 bits per heavy atom. The molecule has 2 aliphatic rings. The van der Waals surface area contributed by atoms with Crippen LogP contribution in [0.15, 0.2) is 73.4 Å². The Labute approximate surface area is 265 Å². The summed E-state index contributed by atoms with van der Waals surface area (Å²) >= 11 is 0. The van der Waals surface area contributed by atoms with Crippen molar-refractivity contribution in [3.05, 3.63) is 90.1 Å². The van der Waals surface area contributed by atoms with Crippen molar-refractivity contribution < 1.29 is 9.59 Å². The number of benzene rings is 2. The fourth-order valence-electron chi connectivity index (χ4n) is 6.10. The first-order valence-electron chi connectivity index (χ1n) is 15.5. The van der Waals surface area contributed by atoms with Crippen molar-refractivity contribution in [3.63, 3.8) is 0 Å². The predicted molar refractivity (Wildman–Crippen MR) is 179 cm³/mol. The number of piperazine rings is 1. The number of hydrogen-bond donors (Lipinski definition) is 3. The van der Waals surface area contributed by atoms with Gasteiger partial charge in [-0.3, -0.25) is 9.69 Å². The molecule has 2 aromatic carbocycles. The lowest BCUT2D eigenvalue weighted by molar-refractivity contribution is -0.112. The van der Waals surface area contributed by atoms with Gasteiger partial charge in [-0.25, -0.2) is 9.78 Å². The molecule has 234 valence electrons. The van der Waals surface area contributed by atoms with E-state index in [-0.39, 0.29) is 23.7 Å². The van der Waals surface area contributed by atoms with Crippen molar-refractivity contribution in [2.45, 2.75) is 57.3 Å². The van der Waals surface area contributed by atoms with Crippen LogP contribution in [0.1, 0.15) is 49.3 Å². The van der Waals surface area contributed by atoms with Gasteiger partial charge in [-0.15, -0.1) is 0 Å². The van der Waals surface area contributed by atoms with E-state index in [1.165, 1.54) is 0 Å². The number of amides is 3. The van der Waals surface area contributed by atoms with Gasteiger partial charge in [-0.1, -0.05) is 36.9 Å². The maximum atomic E-state index is 14.1. The SMILES string of the molecule is C=C(C(N)=O)c1cc(N2CCN(C)[C@@H](C)C2)cc(N(C(=O)NCc2ccccc2)C2CCC(Nc3ccc(C#N)cn3)CC2)c1. The molecular formula is C35H42N8O2. The summed E-state index contributed by atoms with van der Waals surface area (Å²) in [7, 11) is 2.13. The molecule has 1 saturated carbocycles. The maximum absolute atomic E-state index is 14.1. The van der Waals surface area contributed by atoms with Crippen LogP contribution in [0.3, 0.4) is 0 Å². The highest BCUT2D eigenvalue weighted by Gasteiger charge is 2.32. The van der Waals surface area contributed by atoms with Crippen molar-refractivity contribution in [2.75, 3.05) is 41.8 Å². The van der Waals surface area contributed by atoms with E-state index in [9.17, 15) is 9.59 Å². The van der Waals surface area contributed by atoms with E-state index < -0.39 is 5.91 Å². The molecule has 2 fully saturated rings. The number of urea groups is 1. The molecule has 2 heterocycles. The smallest absolute Gasteiger partial charge is 0.322 e. The molecule has 5 rings (SSSR count). The van der Waals surface area contributed by atoms with Gasteiger partial charge in [-0.2, -0.15) is 5.26 Å². The highest BCUT2D eigenvalue weighted by Crippen LogP contribution is 2.34. The number of anilines is 3. The van der Waals surface area contributed by atoms with Gasteiger partial charge in [-0.05, 0) is 81.1 Å². The largest absolute Gasteiger partial charge is 0.369 e. The quantitative estimate of drug-likeness (QED) is 0.300. The second kappa shape index (κ2) is 14.3. The zero-order chi connectivity index (χ0) is 31.9. The second-order valence-corrected chi connectivity index (χ2v) is 12.1. The first kappa shape index (κ1) is 31.5. The van der Waals surface area contributed by atoms with Crippen LogP contribution in [0, 0.1) is 11.3 Å². The number of pyridine rings is 1. The Morgan fingerprint density at radius 1 is 1.09 bits per heavy atom. The van der Waals surface area contributed by atoms with Crippen LogP contribution in [0.4, 0.5) is 22.0 Å². The van der Waals surface area contributed by atoms with Gasteiger partial charge >= 0.3 is 6.03 Å². The molecule has 0 bridgehead atoms. The molecule has 3 amide bonds. The van der Waals surface area contributed by atoms with Crippen molar-refractivity contribution in [3.8, 4) is 6.07 Å². The van der Waals surface area contributed by atoms with E-state index >= 15 is 0 Å². The molecule has 0 spiro atoms. The second-order valence-electron chi connectivity index (χ2n) is 12.1. The highest BCUT2D eigenvalue weighted by molar-refractivity contribution is 6.18. The van der Waals surface area contributed by atoms with Gasteiger partial charge in [0.05, 0.1) is 5.56 Å². The molecule has 1 atom stereocenters. The zero-order valence-electron chi connectivity index (χ0n) is 26.1. The third-order valence-electron chi connectivity index (χ3n) is 8.96. The fourth-order valence-corrected chi connectivity index (χ4v) is 6.10. The van der Waals surface area contributed by atoms with E-state index in [1.807, 2.05) is 53.4 Å². The zero-order valence-corrected chi connectivity index (χ0v) is 26.1. The molecule has 1 saturated heterocycles. The predicted octanol–water partition coefficient (Wildman–Crippen LogP) is 4.73. The number of carbonyl (C=O) groups is 2. The van der Waals surface area contributed by atoms with Crippen molar-refractivity contribution in [1.82, 2.24) is 15.2 Å². The monoisotopic (exact) mass is 606 g/mol. The first-order chi connectivity index (χ1) is 21.7. The first-order valence-corrected chi connectivity index (χ1v) is 15.5. The lowest BCUT2D eigenvalue weighted by atomic mass is 9.89. The number of carbonyl (C=O) groups excluding carboxylic acids is 2. The Morgan fingerprint density at radius 3 is 2.49 bits per heavy atom.